The third kappa shape index (κ3) is 4.75. The summed E-state index contributed by atoms with van der Waals surface area (Å²) in [6.45, 7) is 4.50. The number of carbonyl (C=O) groups is 2. The largest absolute Gasteiger partial charge is 0.478 e. The molecule has 0 unspecified atom stereocenters. The van der Waals surface area contributed by atoms with Crippen LogP contribution < -0.4 is 10.2 Å². The molecule has 3 aromatic rings. The highest BCUT2D eigenvalue weighted by Gasteiger charge is 2.17. The van der Waals surface area contributed by atoms with Crippen LogP contribution in [0, 0.1) is 0 Å². The Hall–Kier alpha value is -3.64. The molecule has 0 aliphatic carbocycles. The minimum Gasteiger partial charge on any atom is -0.478 e. The lowest BCUT2D eigenvalue weighted by atomic mass is 10.0. The van der Waals surface area contributed by atoms with Crippen LogP contribution in [0.3, 0.4) is 0 Å². The molecule has 1 heterocycles. The van der Waals surface area contributed by atoms with Gasteiger partial charge in [-0.3, -0.25) is 4.79 Å². The second-order valence-corrected chi connectivity index (χ2v) is 7.51. The van der Waals surface area contributed by atoms with Crippen LogP contribution in [0.15, 0.2) is 66.7 Å². The van der Waals surface area contributed by atoms with Crippen LogP contribution in [0.2, 0.25) is 0 Å². The first kappa shape index (κ1) is 20.6. The summed E-state index contributed by atoms with van der Waals surface area (Å²) in [4.78, 5) is 26.5. The number of nitrogens with one attached hydrogen (secondary N) is 1. The first-order valence-electron chi connectivity index (χ1n) is 10.2. The van der Waals surface area contributed by atoms with E-state index >= 15 is 0 Å². The minimum absolute atomic E-state index is 0.0640. The van der Waals surface area contributed by atoms with Crippen LogP contribution in [-0.2, 0) is 9.53 Å². The quantitative estimate of drug-likeness (QED) is 0.602. The number of carboxylic acid groups (broad SMARTS) is 1. The lowest BCUT2D eigenvalue weighted by Crippen LogP contribution is -2.36. The van der Waals surface area contributed by atoms with Gasteiger partial charge in [-0.05, 0) is 53.1 Å². The van der Waals surface area contributed by atoms with Crippen molar-refractivity contribution < 1.29 is 19.4 Å². The van der Waals surface area contributed by atoms with Gasteiger partial charge in [0.05, 0.1) is 24.5 Å². The molecule has 2 N–H and O–H groups in total. The van der Waals surface area contributed by atoms with E-state index in [2.05, 4.69) is 10.2 Å². The van der Waals surface area contributed by atoms with Gasteiger partial charge in [0.2, 0.25) is 5.91 Å². The van der Waals surface area contributed by atoms with Crippen molar-refractivity contribution in [2.24, 2.45) is 0 Å². The fourth-order valence-corrected chi connectivity index (χ4v) is 3.72. The third-order valence-corrected chi connectivity index (χ3v) is 5.42. The summed E-state index contributed by atoms with van der Waals surface area (Å²) in [5.41, 5.74) is 2.88. The van der Waals surface area contributed by atoms with E-state index in [1.807, 2.05) is 55.5 Å². The number of carboxylic acids is 1. The maximum Gasteiger partial charge on any atom is 0.337 e. The number of hydrogen-bond acceptors (Lipinski definition) is 4. The molecule has 0 aromatic heterocycles. The van der Waals surface area contributed by atoms with Crippen LogP contribution >= 0.6 is 0 Å². The van der Waals surface area contributed by atoms with E-state index in [1.165, 1.54) is 6.08 Å². The molecule has 1 amide bonds. The van der Waals surface area contributed by atoms with Crippen molar-refractivity contribution >= 4 is 39.6 Å². The summed E-state index contributed by atoms with van der Waals surface area (Å²) < 4.78 is 5.35. The number of benzene rings is 3. The topological polar surface area (TPSA) is 78.9 Å². The van der Waals surface area contributed by atoms with Crippen molar-refractivity contribution in [2.75, 3.05) is 36.5 Å². The van der Waals surface area contributed by atoms with E-state index in [4.69, 9.17) is 4.74 Å². The molecule has 3 aromatic carbocycles. The molecule has 6 heteroatoms. The molecule has 0 bridgehead atoms. The van der Waals surface area contributed by atoms with E-state index in [9.17, 15) is 14.7 Å². The Bertz CT molecular complexity index is 1160. The maximum atomic E-state index is 12.6. The number of rotatable bonds is 5. The van der Waals surface area contributed by atoms with Gasteiger partial charge in [0.25, 0.3) is 0 Å². The van der Waals surface area contributed by atoms with Crippen molar-refractivity contribution in [3.8, 4) is 0 Å². The Morgan fingerprint density at radius 1 is 1.00 bits per heavy atom. The Morgan fingerprint density at radius 3 is 2.48 bits per heavy atom. The number of amides is 1. The summed E-state index contributed by atoms with van der Waals surface area (Å²) in [6, 6.07) is 19.1. The smallest absolute Gasteiger partial charge is 0.337 e. The van der Waals surface area contributed by atoms with Gasteiger partial charge < -0.3 is 20.1 Å². The number of nitrogens with zero attached hydrogens (tertiary/aromatic N) is 1. The van der Waals surface area contributed by atoms with Crippen LogP contribution in [0.25, 0.3) is 16.3 Å². The zero-order valence-electron chi connectivity index (χ0n) is 17.3. The monoisotopic (exact) mass is 416 g/mol. The third-order valence-electron chi connectivity index (χ3n) is 5.42. The zero-order valence-corrected chi connectivity index (χ0v) is 17.3. The zero-order chi connectivity index (χ0) is 21.8. The Kier molecular flexibility index (Phi) is 6.00. The molecule has 158 valence electrons. The first-order valence-corrected chi connectivity index (χ1v) is 10.2. The highest BCUT2D eigenvalue weighted by molar-refractivity contribution is 6.07. The SMILES string of the molecule is C/C(=C/C(=O)Nc1ccc(N2CCOCC2)cc1C(=O)O)c1ccc2ccccc2c1. The molecular formula is C25H24N2O4. The van der Waals surface area contributed by atoms with Crippen LogP contribution in [-0.4, -0.2) is 43.3 Å². The van der Waals surface area contributed by atoms with Crippen LogP contribution in [0.1, 0.15) is 22.8 Å². The van der Waals surface area contributed by atoms with Gasteiger partial charge in [-0.2, -0.15) is 0 Å². The van der Waals surface area contributed by atoms with Crippen molar-refractivity contribution in [1.82, 2.24) is 0 Å². The number of anilines is 2. The molecule has 1 aliphatic heterocycles. The molecule has 0 spiro atoms. The molecule has 31 heavy (non-hydrogen) atoms. The summed E-state index contributed by atoms with van der Waals surface area (Å²) in [5, 5.41) is 14.6. The maximum absolute atomic E-state index is 12.6. The molecule has 0 atom stereocenters. The number of ether oxygens (including phenoxy) is 1. The molecule has 1 aliphatic rings. The van der Waals surface area contributed by atoms with Gasteiger partial charge >= 0.3 is 5.97 Å². The second kappa shape index (κ2) is 9.02. The Balaban J connectivity index is 1.54. The number of morpholine rings is 1. The predicted molar refractivity (Wildman–Crippen MR) is 123 cm³/mol. The summed E-state index contributed by atoms with van der Waals surface area (Å²) >= 11 is 0. The van der Waals surface area contributed by atoms with E-state index in [0.717, 1.165) is 27.6 Å². The number of allylic oxidation sites excluding steroid dienone is 1. The lowest BCUT2D eigenvalue weighted by Gasteiger charge is -2.29. The van der Waals surface area contributed by atoms with Crippen molar-refractivity contribution in [3.63, 3.8) is 0 Å². The van der Waals surface area contributed by atoms with Gasteiger partial charge in [0.15, 0.2) is 0 Å². The summed E-state index contributed by atoms with van der Waals surface area (Å²) in [6.07, 6.45) is 1.49. The number of fused-ring (bicyclic) bond motifs is 1. The molecule has 0 radical (unpaired) electrons. The predicted octanol–water partition coefficient (Wildman–Crippen LogP) is 4.42. The second-order valence-electron chi connectivity index (χ2n) is 7.51. The van der Waals surface area contributed by atoms with Crippen molar-refractivity contribution in [1.29, 1.82) is 0 Å². The molecule has 4 rings (SSSR count). The van der Waals surface area contributed by atoms with Crippen LogP contribution in [0.5, 0.6) is 0 Å². The average Bonchev–Trinajstić information content (AvgIpc) is 2.79. The van der Waals surface area contributed by atoms with E-state index in [1.54, 1.807) is 12.1 Å². The highest BCUT2D eigenvalue weighted by atomic mass is 16.5. The summed E-state index contributed by atoms with van der Waals surface area (Å²) in [7, 11) is 0. The molecule has 1 fully saturated rings. The van der Waals surface area contributed by atoms with E-state index < -0.39 is 5.97 Å². The van der Waals surface area contributed by atoms with Gasteiger partial charge in [-0.25, -0.2) is 4.79 Å². The van der Waals surface area contributed by atoms with Crippen molar-refractivity contribution in [3.05, 3.63) is 77.9 Å². The number of aromatic carboxylic acids is 1. The van der Waals surface area contributed by atoms with Gasteiger partial charge in [0, 0.05) is 24.9 Å². The fraction of sp³-hybridized carbons (Fsp3) is 0.200. The lowest BCUT2D eigenvalue weighted by molar-refractivity contribution is -0.111. The average molecular weight is 416 g/mol. The summed E-state index contributed by atoms with van der Waals surface area (Å²) in [5.74, 6) is -1.45. The molecule has 1 saturated heterocycles. The normalized spacial score (nSPS) is 14.5. The highest BCUT2D eigenvalue weighted by Crippen LogP contribution is 2.25. The first-order chi connectivity index (χ1) is 15.0. The van der Waals surface area contributed by atoms with Gasteiger partial charge in [0.1, 0.15) is 0 Å². The van der Waals surface area contributed by atoms with E-state index in [-0.39, 0.29) is 17.2 Å². The number of carbonyl (C=O) groups excluding carboxylic acids is 1. The van der Waals surface area contributed by atoms with Crippen LogP contribution in [0.4, 0.5) is 11.4 Å². The van der Waals surface area contributed by atoms with E-state index in [0.29, 0.717) is 26.3 Å². The van der Waals surface area contributed by atoms with Gasteiger partial charge in [-0.1, -0.05) is 36.4 Å². The Labute approximate surface area is 180 Å². The standard InChI is InChI=1S/C25H24N2O4/c1-17(19-7-6-18-4-2-3-5-20(18)15-19)14-24(28)26-23-9-8-21(16-22(23)25(29)30)27-10-12-31-13-11-27/h2-9,14-16H,10-13H2,1H3,(H,26,28)(H,29,30)/b17-14-. The van der Waals surface area contributed by atoms with Gasteiger partial charge in [-0.15, -0.1) is 0 Å². The molecule has 6 nitrogen and oxygen atoms in total. The number of hydrogen-bond donors (Lipinski definition) is 2. The molecular weight excluding hydrogens is 392 g/mol. The van der Waals surface area contributed by atoms with Crippen molar-refractivity contribution in [2.45, 2.75) is 6.92 Å². The Morgan fingerprint density at radius 2 is 1.74 bits per heavy atom. The minimum atomic E-state index is -1.08. The fourth-order valence-electron chi connectivity index (χ4n) is 3.72. The molecule has 0 saturated carbocycles.